The number of nitrogens with one attached hydrogen (secondary N) is 2. The Hall–Kier alpha value is -5.52. The van der Waals surface area contributed by atoms with E-state index < -0.39 is 24.3 Å². The van der Waals surface area contributed by atoms with Crippen molar-refractivity contribution in [1.82, 2.24) is 0 Å². The van der Waals surface area contributed by atoms with Crippen LogP contribution in [0, 0.1) is 10.8 Å². The number of nitrogens with two attached hydrogens (primary N) is 6. The van der Waals surface area contributed by atoms with Gasteiger partial charge in [-0.05, 0) is 41.5 Å². The number of rotatable bonds is 8. The highest BCUT2D eigenvalue weighted by molar-refractivity contribution is 6.10. The molecule has 1 aliphatic rings. The molecule has 4 aromatic carbocycles. The van der Waals surface area contributed by atoms with E-state index in [1.54, 1.807) is 24.3 Å². The van der Waals surface area contributed by atoms with Crippen LogP contribution in [0.4, 0.5) is 0 Å². The number of nitrogen functional groups attached to an aromatic ring is 2. The Bertz CT molecular complexity index is 1600. The fourth-order valence-corrected chi connectivity index (χ4v) is 5.55. The van der Waals surface area contributed by atoms with Gasteiger partial charge in [0.15, 0.2) is 11.9 Å². The van der Waals surface area contributed by atoms with Crippen LogP contribution >= 0.6 is 0 Å². The third-order valence-corrected chi connectivity index (χ3v) is 7.34. The summed E-state index contributed by atoms with van der Waals surface area (Å²) in [7, 11) is 0. The van der Waals surface area contributed by atoms with Crippen molar-refractivity contribution in [2.24, 2.45) is 44.4 Å². The number of benzene rings is 4. The first-order valence-electron chi connectivity index (χ1n) is 13.4. The van der Waals surface area contributed by atoms with Gasteiger partial charge in [-0.1, -0.05) is 48.5 Å². The number of guanidine groups is 2. The molecule has 5 rings (SSSR count). The van der Waals surface area contributed by atoms with Crippen molar-refractivity contribution in [3.05, 3.63) is 83.9 Å². The Kier molecular flexibility index (Phi) is 7.69. The molecular weight excluding hydrogens is 532 g/mol. The number of hydrogen-bond acceptors (Lipinski definition) is 6. The van der Waals surface area contributed by atoms with Crippen molar-refractivity contribution in [3.8, 4) is 11.5 Å². The van der Waals surface area contributed by atoms with Crippen LogP contribution in [0.5, 0.6) is 11.5 Å². The molecule has 0 spiro atoms. The van der Waals surface area contributed by atoms with Crippen LogP contribution in [-0.4, -0.2) is 47.9 Å². The molecule has 12 nitrogen and oxygen atoms in total. The molecule has 14 N–H and O–H groups in total. The molecule has 0 aromatic heterocycles. The zero-order valence-electron chi connectivity index (χ0n) is 22.8. The van der Waals surface area contributed by atoms with Crippen LogP contribution in [0.15, 0.2) is 82.8 Å². The van der Waals surface area contributed by atoms with Crippen LogP contribution in [0.25, 0.3) is 21.5 Å². The van der Waals surface area contributed by atoms with Gasteiger partial charge in [-0.2, -0.15) is 0 Å². The van der Waals surface area contributed by atoms with Gasteiger partial charge in [0.2, 0.25) is 0 Å². The van der Waals surface area contributed by atoms with E-state index in [0.29, 0.717) is 35.5 Å². The average molecular weight is 567 g/mol. The molecule has 0 heterocycles. The minimum absolute atomic E-state index is 0.0367. The molecule has 12 heteroatoms. The summed E-state index contributed by atoms with van der Waals surface area (Å²) in [5.41, 5.74) is 36.2. The first kappa shape index (κ1) is 28.0. The zero-order chi connectivity index (χ0) is 30.0. The monoisotopic (exact) mass is 566 g/mol. The molecule has 0 saturated heterocycles. The van der Waals surface area contributed by atoms with Gasteiger partial charge in [0, 0.05) is 28.3 Å². The van der Waals surface area contributed by atoms with E-state index in [0.717, 1.165) is 21.5 Å². The third-order valence-electron chi connectivity index (χ3n) is 7.34. The summed E-state index contributed by atoms with van der Waals surface area (Å²) >= 11 is 0. The van der Waals surface area contributed by atoms with E-state index >= 15 is 0 Å². The first-order chi connectivity index (χ1) is 20.1. The molecule has 0 bridgehead atoms. The van der Waals surface area contributed by atoms with E-state index in [1.807, 2.05) is 48.5 Å². The maximum absolute atomic E-state index is 7.98. The van der Waals surface area contributed by atoms with Gasteiger partial charge in [0.1, 0.15) is 35.4 Å². The van der Waals surface area contributed by atoms with Crippen molar-refractivity contribution in [3.63, 3.8) is 0 Å². The second kappa shape index (κ2) is 11.5. The maximum atomic E-state index is 7.98. The molecule has 42 heavy (non-hydrogen) atoms. The van der Waals surface area contributed by atoms with E-state index in [1.165, 1.54) is 0 Å². The highest BCUT2D eigenvalue weighted by atomic mass is 16.5. The lowest BCUT2D eigenvalue weighted by Crippen LogP contribution is -2.50. The second-order valence-electron chi connectivity index (χ2n) is 10.2. The van der Waals surface area contributed by atoms with Crippen LogP contribution in [0.1, 0.15) is 24.0 Å². The van der Waals surface area contributed by atoms with Gasteiger partial charge in [0.25, 0.3) is 0 Å². The van der Waals surface area contributed by atoms with Crippen molar-refractivity contribution < 1.29 is 9.47 Å². The van der Waals surface area contributed by atoms with Crippen LogP contribution in [0.3, 0.4) is 0 Å². The predicted octanol–water partition coefficient (Wildman–Crippen LogP) is 1.83. The van der Waals surface area contributed by atoms with Crippen LogP contribution < -0.4 is 43.9 Å². The molecule has 0 radical (unpaired) electrons. The second-order valence-corrected chi connectivity index (χ2v) is 10.2. The van der Waals surface area contributed by atoms with Gasteiger partial charge in [-0.15, -0.1) is 0 Å². The van der Waals surface area contributed by atoms with Crippen LogP contribution in [-0.2, 0) is 0 Å². The fourth-order valence-electron chi connectivity index (χ4n) is 5.55. The largest absolute Gasteiger partial charge is 0.487 e. The lowest BCUT2D eigenvalue weighted by Gasteiger charge is -2.38. The minimum Gasteiger partial charge on any atom is -0.487 e. The molecule has 1 aliphatic carbocycles. The van der Waals surface area contributed by atoms with Gasteiger partial charge in [-0.3, -0.25) is 10.8 Å². The Morgan fingerprint density at radius 3 is 1.29 bits per heavy atom. The summed E-state index contributed by atoms with van der Waals surface area (Å²) in [6.45, 7) is 0. The summed E-state index contributed by atoms with van der Waals surface area (Å²) in [6.07, 6.45) is -0.347. The summed E-state index contributed by atoms with van der Waals surface area (Å²) < 4.78 is 13.2. The van der Waals surface area contributed by atoms with E-state index in [-0.39, 0.29) is 23.6 Å². The molecule has 216 valence electrons. The molecule has 1 saturated carbocycles. The predicted molar refractivity (Wildman–Crippen MR) is 167 cm³/mol. The summed E-state index contributed by atoms with van der Waals surface area (Å²) in [5.74, 6) is 0.937. The smallest absolute Gasteiger partial charge is 0.186 e. The molecule has 0 aliphatic heterocycles. The number of fused-ring (bicyclic) bond motifs is 2. The van der Waals surface area contributed by atoms with Crippen molar-refractivity contribution >= 4 is 45.1 Å². The Morgan fingerprint density at radius 1 is 0.548 bits per heavy atom. The maximum Gasteiger partial charge on any atom is 0.186 e. The number of ether oxygens (including phenoxy) is 2. The first-order valence-corrected chi connectivity index (χ1v) is 13.4. The Labute approximate surface area is 242 Å². The van der Waals surface area contributed by atoms with Gasteiger partial charge in [0.05, 0.1) is 12.1 Å². The van der Waals surface area contributed by atoms with Gasteiger partial charge < -0.3 is 43.9 Å². The number of amidine groups is 2. The van der Waals surface area contributed by atoms with Crippen molar-refractivity contribution in [1.29, 1.82) is 10.8 Å². The molecular formula is C30H34N10O2. The Balaban J connectivity index is 1.55. The van der Waals surface area contributed by atoms with E-state index in [9.17, 15) is 0 Å². The molecule has 4 aromatic rings. The SMILES string of the molecule is N=C(N)c1ccc(O[C@H]2C[C@@H](Oc3ccc(C(=N)N)c4ccccc34)[C@H](N=C(N)N)C[C@@H]2N=C(N)N)c2ccccc12. The summed E-state index contributed by atoms with van der Waals surface area (Å²) in [5, 5.41) is 19.1. The summed E-state index contributed by atoms with van der Waals surface area (Å²) in [6, 6.07) is 21.3. The average Bonchev–Trinajstić information content (AvgIpc) is 2.94. The van der Waals surface area contributed by atoms with E-state index in [2.05, 4.69) is 9.98 Å². The highest BCUT2D eigenvalue weighted by Crippen LogP contribution is 2.36. The zero-order valence-corrected chi connectivity index (χ0v) is 22.8. The topological polar surface area (TPSA) is 247 Å². The number of hydrogen-bond donors (Lipinski definition) is 8. The fraction of sp³-hybridized carbons (Fsp3) is 0.200. The third kappa shape index (κ3) is 5.68. The normalized spacial score (nSPS) is 20.0. The minimum atomic E-state index is -0.517. The lowest BCUT2D eigenvalue weighted by atomic mass is 9.86. The highest BCUT2D eigenvalue weighted by Gasteiger charge is 2.41. The number of aliphatic imine (C=N–C) groups is 2. The lowest BCUT2D eigenvalue weighted by molar-refractivity contribution is 0.0432. The van der Waals surface area contributed by atoms with E-state index in [4.69, 9.17) is 54.7 Å². The molecule has 1 fully saturated rings. The van der Waals surface area contributed by atoms with Gasteiger partial charge in [-0.25, -0.2) is 9.98 Å². The summed E-state index contributed by atoms with van der Waals surface area (Å²) in [4.78, 5) is 8.94. The molecule has 4 atom stereocenters. The van der Waals surface area contributed by atoms with Gasteiger partial charge >= 0.3 is 0 Å². The Morgan fingerprint density at radius 2 is 0.929 bits per heavy atom. The van der Waals surface area contributed by atoms with Crippen molar-refractivity contribution in [2.75, 3.05) is 0 Å². The number of nitrogens with zero attached hydrogens (tertiary/aromatic N) is 2. The van der Waals surface area contributed by atoms with Crippen molar-refractivity contribution in [2.45, 2.75) is 37.1 Å². The molecule has 0 amide bonds. The molecule has 0 unspecified atom stereocenters. The quantitative estimate of drug-likeness (QED) is 0.115. The standard InChI is InChI=1S/C30H34N10O2/c31-27(32)19-9-11-23(17-7-3-1-5-15(17)19)41-25-14-26(22(40-30(37)38)13-21(25)39-29(35)36)42-24-12-10-20(28(33)34)16-6-2-4-8-18(16)24/h1-12,21-22,25-26H,13-14H2,(H3,31,32)(H3,33,34)(H4,35,36,39)(H4,37,38,40)/t21-,22+,25-,26+. The van der Waals surface area contributed by atoms with Crippen LogP contribution in [0.2, 0.25) is 0 Å².